The maximum absolute atomic E-state index is 14.2. The maximum Gasteiger partial charge on any atom is 0.237 e. The van der Waals surface area contributed by atoms with Crippen LogP contribution in [-0.4, -0.2) is 24.9 Å². The average molecular weight is 411 g/mol. The lowest BCUT2D eigenvalue weighted by Crippen LogP contribution is -2.01. The Morgan fingerprint density at radius 3 is 2.62 bits per heavy atom. The van der Waals surface area contributed by atoms with E-state index in [9.17, 15) is 8.78 Å². The second-order valence-corrected chi connectivity index (χ2v) is 6.94. The van der Waals surface area contributed by atoms with Crippen molar-refractivity contribution in [3.8, 4) is 22.8 Å². The Labute approximate surface area is 169 Å². The number of halogens is 2. The van der Waals surface area contributed by atoms with Gasteiger partial charge in [-0.2, -0.15) is 4.98 Å². The van der Waals surface area contributed by atoms with Crippen molar-refractivity contribution in [1.29, 1.82) is 0 Å². The van der Waals surface area contributed by atoms with Gasteiger partial charge in [-0.1, -0.05) is 35.1 Å². The highest BCUT2D eigenvalue weighted by atomic mass is 32.2. The zero-order chi connectivity index (χ0) is 20.2. The summed E-state index contributed by atoms with van der Waals surface area (Å²) in [7, 11) is 0. The molecule has 0 amide bonds. The van der Waals surface area contributed by atoms with Gasteiger partial charge in [-0.15, -0.1) is 16.8 Å². The van der Waals surface area contributed by atoms with Crippen molar-refractivity contribution in [2.24, 2.45) is 0 Å². The average Bonchev–Trinajstić information content (AvgIpc) is 3.35. The Balaban J connectivity index is 1.54. The molecule has 0 aliphatic carbocycles. The van der Waals surface area contributed by atoms with Gasteiger partial charge in [-0.3, -0.25) is 4.57 Å². The largest absolute Gasteiger partial charge is 0.338 e. The van der Waals surface area contributed by atoms with Crippen molar-refractivity contribution in [2.75, 3.05) is 0 Å². The van der Waals surface area contributed by atoms with Crippen molar-refractivity contribution in [3.05, 3.63) is 78.7 Å². The smallest absolute Gasteiger partial charge is 0.237 e. The van der Waals surface area contributed by atoms with Crippen LogP contribution in [0.1, 0.15) is 5.89 Å². The number of rotatable bonds is 7. The molecule has 0 spiro atoms. The van der Waals surface area contributed by atoms with Crippen LogP contribution in [0.25, 0.3) is 22.8 Å². The third-order valence-corrected chi connectivity index (χ3v) is 4.99. The summed E-state index contributed by atoms with van der Waals surface area (Å²) in [5, 5.41) is 12.8. The number of hydrogen-bond donors (Lipinski definition) is 0. The maximum atomic E-state index is 14.2. The van der Waals surface area contributed by atoms with E-state index < -0.39 is 0 Å². The van der Waals surface area contributed by atoms with Crippen LogP contribution in [0.4, 0.5) is 8.78 Å². The SMILES string of the molecule is C=CCn1c(SCc2nc(-c3ccc(F)cc3)no2)nnc1-c1ccccc1F. The number of aromatic nitrogens is 5. The minimum atomic E-state index is -0.373. The van der Waals surface area contributed by atoms with Gasteiger partial charge >= 0.3 is 0 Å². The Morgan fingerprint density at radius 2 is 1.86 bits per heavy atom. The monoisotopic (exact) mass is 411 g/mol. The molecule has 0 aliphatic heterocycles. The fraction of sp³-hybridized carbons (Fsp3) is 0.100. The minimum absolute atomic E-state index is 0.333. The number of hydrogen-bond acceptors (Lipinski definition) is 6. The lowest BCUT2D eigenvalue weighted by atomic mass is 10.2. The predicted octanol–water partition coefficient (Wildman–Crippen LogP) is 4.75. The summed E-state index contributed by atoms with van der Waals surface area (Å²) < 4.78 is 34.3. The molecular weight excluding hydrogens is 396 g/mol. The highest BCUT2D eigenvalue weighted by molar-refractivity contribution is 7.98. The van der Waals surface area contributed by atoms with Gasteiger partial charge in [0, 0.05) is 12.1 Å². The van der Waals surface area contributed by atoms with Crippen LogP contribution >= 0.6 is 11.8 Å². The quantitative estimate of drug-likeness (QED) is 0.323. The Bertz CT molecular complexity index is 1140. The summed E-state index contributed by atoms with van der Waals surface area (Å²) in [6.45, 7) is 4.17. The van der Waals surface area contributed by atoms with E-state index in [1.807, 2.05) is 0 Å². The standard InChI is InChI=1S/C20H15F2N5OS/c1-2-11-27-19(15-5-3-4-6-16(15)22)24-25-20(27)29-12-17-23-18(26-28-17)13-7-9-14(21)10-8-13/h2-10H,1,11-12H2. The molecule has 0 fully saturated rings. The van der Waals surface area contributed by atoms with Crippen LogP contribution in [0.3, 0.4) is 0 Å². The second kappa shape index (κ2) is 8.36. The summed E-state index contributed by atoms with van der Waals surface area (Å²) in [6, 6.07) is 12.2. The molecule has 0 bridgehead atoms. The van der Waals surface area contributed by atoms with Crippen LogP contribution < -0.4 is 0 Å². The normalized spacial score (nSPS) is 11.0. The van der Waals surface area contributed by atoms with Crippen LogP contribution in [0.5, 0.6) is 0 Å². The van der Waals surface area contributed by atoms with E-state index in [0.29, 0.717) is 46.1 Å². The van der Waals surface area contributed by atoms with Crippen molar-refractivity contribution in [1.82, 2.24) is 24.9 Å². The van der Waals surface area contributed by atoms with Crippen molar-refractivity contribution in [2.45, 2.75) is 17.5 Å². The zero-order valence-electron chi connectivity index (χ0n) is 15.1. The van der Waals surface area contributed by atoms with Gasteiger partial charge in [-0.05, 0) is 36.4 Å². The van der Waals surface area contributed by atoms with Crippen molar-refractivity contribution < 1.29 is 13.3 Å². The van der Waals surface area contributed by atoms with Gasteiger partial charge < -0.3 is 4.52 Å². The van der Waals surface area contributed by atoms with Crippen LogP contribution in [0, 0.1) is 11.6 Å². The molecule has 9 heteroatoms. The fourth-order valence-corrected chi connectivity index (χ4v) is 3.47. The Kier molecular flexibility index (Phi) is 5.48. The van der Waals surface area contributed by atoms with E-state index in [4.69, 9.17) is 4.52 Å². The van der Waals surface area contributed by atoms with E-state index >= 15 is 0 Å². The Hall–Kier alpha value is -3.33. The molecule has 4 rings (SSSR count). The highest BCUT2D eigenvalue weighted by Gasteiger charge is 2.17. The van der Waals surface area contributed by atoms with E-state index in [-0.39, 0.29) is 11.6 Å². The molecule has 0 radical (unpaired) electrons. The van der Waals surface area contributed by atoms with Crippen molar-refractivity contribution >= 4 is 11.8 Å². The first-order valence-corrected chi connectivity index (χ1v) is 9.64. The van der Waals surface area contributed by atoms with E-state index in [1.54, 1.807) is 41.0 Å². The third-order valence-electron chi connectivity index (χ3n) is 4.04. The molecule has 4 aromatic rings. The molecule has 2 heterocycles. The summed E-state index contributed by atoms with van der Waals surface area (Å²) in [4.78, 5) is 4.32. The first-order valence-electron chi connectivity index (χ1n) is 8.66. The van der Waals surface area contributed by atoms with Crippen LogP contribution in [-0.2, 0) is 12.3 Å². The molecule has 6 nitrogen and oxygen atoms in total. The molecule has 0 N–H and O–H groups in total. The first kappa shape index (κ1) is 19.0. The summed E-state index contributed by atoms with van der Waals surface area (Å²) in [5.41, 5.74) is 1.02. The third kappa shape index (κ3) is 4.09. The van der Waals surface area contributed by atoms with Gasteiger partial charge in [0.2, 0.25) is 11.7 Å². The van der Waals surface area contributed by atoms with E-state index in [0.717, 1.165) is 0 Å². The molecule has 2 aromatic heterocycles. The molecule has 0 saturated carbocycles. The molecule has 0 atom stereocenters. The number of benzene rings is 2. The van der Waals surface area contributed by atoms with E-state index in [1.165, 1.54) is 30.0 Å². The molecule has 29 heavy (non-hydrogen) atoms. The molecule has 0 saturated heterocycles. The van der Waals surface area contributed by atoms with Crippen LogP contribution in [0.2, 0.25) is 0 Å². The van der Waals surface area contributed by atoms with Gasteiger partial charge in [0.15, 0.2) is 11.0 Å². The number of allylic oxidation sites excluding steroid dienone is 1. The predicted molar refractivity (Wildman–Crippen MR) is 105 cm³/mol. The lowest BCUT2D eigenvalue weighted by Gasteiger charge is -2.07. The van der Waals surface area contributed by atoms with Gasteiger partial charge in [0.05, 0.1) is 11.3 Å². The number of thioether (sulfide) groups is 1. The van der Waals surface area contributed by atoms with Gasteiger partial charge in [0.25, 0.3) is 0 Å². The van der Waals surface area contributed by atoms with Gasteiger partial charge in [0.1, 0.15) is 11.6 Å². The van der Waals surface area contributed by atoms with Gasteiger partial charge in [-0.25, -0.2) is 8.78 Å². The molecule has 146 valence electrons. The molecule has 0 unspecified atom stereocenters. The van der Waals surface area contributed by atoms with Crippen LogP contribution in [0.15, 0.2) is 70.9 Å². The Morgan fingerprint density at radius 1 is 1.07 bits per heavy atom. The molecule has 2 aromatic carbocycles. The second-order valence-electron chi connectivity index (χ2n) is 5.99. The first-order chi connectivity index (χ1) is 14.2. The minimum Gasteiger partial charge on any atom is -0.338 e. The highest BCUT2D eigenvalue weighted by Crippen LogP contribution is 2.28. The summed E-state index contributed by atoms with van der Waals surface area (Å²) in [5.74, 6) is 0.821. The van der Waals surface area contributed by atoms with E-state index in [2.05, 4.69) is 26.9 Å². The fourth-order valence-electron chi connectivity index (χ4n) is 2.69. The van der Waals surface area contributed by atoms with Crippen molar-refractivity contribution in [3.63, 3.8) is 0 Å². The summed E-state index contributed by atoms with van der Waals surface area (Å²) in [6.07, 6.45) is 1.69. The topological polar surface area (TPSA) is 69.6 Å². The number of nitrogens with zero attached hydrogens (tertiary/aromatic N) is 5. The zero-order valence-corrected chi connectivity index (χ0v) is 15.9. The lowest BCUT2D eigenvalue weighted by molar-refractivity contribution is 0.391. The molecule has 0 aliphatic rings. The summed E-state index contributed by atoms with van der Waals surface area (Å²) >= 11 is 1.34. The molecular formula is C20H15F2N5OS.